The second-order valence-corrected chi connectivity index (χ2v) is 7.59. The van der Waals surface area contributed by atoms with Crippen LogP contribution >= 0.6 is 11.3 Å². The SMILES string of the molecule is CC[C@@H]1CCc2c(sc(NC(=O)c3c(F)c(F)c(F)c(F)c3F)c2C(N)=O)C1. The summed E-state index contributed by atoms with van der Waals surface area (Å²) in [6.07, 6.45) is 2.91. The molecule has 1 aliphatic rings. The average Bonchev–Trinajstić information content (AvgIpc) is 3.01. The van der Waals surface area contributed by atoms with E-state index in [1.165, 1.54) is 0 Å². The van der Waals surface area contributed by atoms with Crippen molar-refractivity contribution in [2.75, 3.05) is 5.32 Å². The Morgan fingerprint density at radius 1 is 1.04 bits per heavy atom. The Morgan fingerprint density at radius 2 is 1.61 bits per heavy atom. The Hall–Kier alpha value is -2.49. The van der Waals surface area contributed by atoms with Crippen LogP contribution in [0.4, 0.5) is 27.0 Å². The van der Waals surface area contributed by atoms with Gasteiger partial charge < -0.3 is 11.1 Å². The minimum absolute atomic E-state index is 0.00627. The number of thiophene rings is 1. The lowest BCUT2D eigenvalue weighted by atomic mass is 9.85. The lowest BCUT2D eigenvalue weighted by Gasteiger charge is -2.20. The van der Waals surface area contributed by atoms with Gasteiger partial charge in [-0.25, -0.2) is 22.0 Å². The number of rotatable bonds is 4. The molecule has 150 valence electrons. The lowest BCUT2D eigenvalue weighted by Crippen LogP contribution is -2.22. The Morgan fingerprint density at radius 3 is 2.14 bits per heavy atom. The van der Waals surface area contributed by atoms with E-state index in [-0.39, 0.29) is 10.6 Å². The monoisotopic (exact) mass is 418 g/mol. The Kier molecular flexibility index (Phi) is 5.42. The molecule has 0 fully saturated rings. The highest BCUT2D eigenvalue weighted by molar-refractivity contribution is 7.17. The van der Waals surface area contributed by atoms with Crippen LogP contribution in [0.1, 0.15) is 50.9 Å². The molecule has 1 aromatic heterocycles. The lowest BCUT2D eigenvalue weighted by molar-refractivity contribution is 0.1000. The van der Waals surface area contributed by atoms with Crippen molar-refractivity contribution in [1.29, 1.82) is 0 Å². The Bertz CT molecular complexity index is 960. The maximum atomic E-state index is 13.9. The molecule has 1 heterocycles. The van der Waals surface area contributed by atoms with Crippen LogP contribution in [-0.2, 0) is 12.8 Å². The normalized spacial score (nSPS) is 16.0. The first-order chi connectivity index (χ1) is 13.2. The number of nitrogens with two attached hydrogens (primary N) is 1. The molecular weight excluding hydrogens is 403 g/mol. The molecule has 3 rings (SSSR count). The number of benzene rings is 1. The number of amides is 2. The van der Waals surface area contributed by atoms with Crippen LogP contribution in [0, 0.1) is 35.0 Å². The fourth-order valence-electron chi connectivity index (χ4n) is 3.32. The minimum Gasteiger partial charge on any atom is -0.365 e. The van der Waals surface area contributed by atoms with Crippen molar-refractivity contribution in [2.45, 2.75) is 32.6 Å². The molecular formula is C18H15F5N2O2S. The molecule has 0 saturated carbocycles. The van der Waals surface area contributed by atoms with E-state index in [0.29, 0.717) is 24.3 Å². The molecule has 0 bridgehead atoms. The number of hydrogen-bond acceptors (Lipinski definition) is 3. The van der Waals surface area contributed by atoms with E-state index in [9.17, 15) is 31.5 Å². The van der Waals surface area contributed by atoms with Gasteiger partial charge in [0.2, 0.25) is 5.82 Å². The molecule has 0 aliphatic heterocycles. The fraction of sp³-hybridized carbons (Fsp3) is 0.333. The Balaban J connectivity index is 2.03. The Labute approximate surface area is 160 Å². The number of carbonyl (C=O) groups excluding carboxylic acids is 2. The quantitative estimate of drug-likeness (QED) is 0.441. The molecule has 2 aromatic rings. The van der Waals surface area contributed by atoms with E-state index in [4.69, 9.17) is 5.73 Å². The molecule has 0 saturated heterocycles. The minimum atomic E-state index is -2.36. The van der Waals surface area contributed by atoms with Crippen molar-refractivity contribution in [2.24, 2.45) is 11.7 Å². The zero-order chi connectivity index (χ0) is 20.7. The summed E-state index contributed by atoms with van der Waals surface area (Å²) in [5.74, 6) is -13.3. The number of nitrogens with one attached hydrogen (secondary N) is 1. The van der Waals surface area contributed by atoms with Gasteiger partial charge in [0.1, 0.15) is 10.6 Å². The third kappa shape index (κ3) is 3.25. The third-order valence-corrected chi connectivity index (χ3v) is 6.02. The predicted molar refractivity (Wildman–Crippen MR) is 92.8 cm³/mol. The fourth-order valence-corrected chi connectivity index (χ4v) is 4.68. The zero-order valence-electron chi connectivity index (χ0n) is 14.6. The van der Waals surface area contributed by atoms with Gasteiger partial charge in [-0.1, -0.05) is 13.3 Å². The number of fused-ring (bicyclic) bond motifs is 1. The smallest absolute Gasteiger partial charge is 0.262 e. The highest BCUT2D eigenvalue weighted by Gasteiger charge is 2.32. The van der Waals surface area contributed by atoms with Crippen molar-refractivity contribution < 1.29 is 31.5 Å². The number of carbonyl (C=O) groups is 2. The van der Waals surface area contributed by atoms with Gasteiger partial charge in [-0.15, -0.1) is 11.3 Å². The summed E-state index contributed by atoms with van der Waals surface area (Å²) in [5, 5.41) is 2.03. The predicted octanol–water partition coefficient (Wildman–Crippen LogP) is 4.31. The summed E-state index contributed by atoms with van der Waals surface area (Å²) in [5.41, 5.74) is 4.42. The second kappa shape index (κ2) is 7.50. The van der Waals surface area contributed by atoms with Crippen LogP contribution in [0.3, 0.4) is 0 Å². The van der Waals surface area contributed by atoms with Gasteiger partial charge in [0.15, 0.2) is 23.3 Å². The van der Waals surface area contributed by atoms with E-state index in [1.807, 2.05) is 6.92 Å². The molecule has 4 nitrogen and oxygen atoms in total. The number of hydrogen-bond donors (Lipinski definition) is 2. The average molecular weight is 418 g/mol. The topological polar surface area (TPSA) is 72.2 Å². The molecule has 1 aliphatic carbocycles. The van der Waals surface area contributed by atoms with E-state index in [2.05, 4.69) is 5.32 Å². The summed E-state index contributed by atoms with van der Waals surface area (Å²) in [6, 6.07) is 0. The summed E-state index contributed by atoms with van der Waals surface area (Å²) < 4.78 is 67.6. The number of anilines is 1. The van der Waals surface area contributed by atoms with Crippen LogP contribution in [0.5, 0.6) is 0 Å². The summed E-state index contributed by atoms with van der Waals surface area (Å²) in [6.45, 7) is 2.02. The maximum Gasteiger partial charge on any atom is 0.262 e. The zero-order valence-corrected chi connectivity index (χ0v) is 15.4. The molecule has 2 amide bonds. The van der Waals surface area contributed by atoms with Gasteiger partial charge in [-0.05, 0) is 30.7 Å². The molecule has 1 aromatic carbocycles. The van der Waals surface area contributed by atoms with Crippen LogP contribution in [0.2, 0.25) is 0 Å². The van der Waals surface area contributed by atoms with Gasteiger partial charge in [0.25, 0.3) is 11.8 Å². The van der Waals surface area contributed by atoms with Gasteiger partial charge in [0, 0.05) is 4.88 Å². The van der Waals surface area contributed by atoms with Gasteiger partial charge in [0.05, 0.1) is 5.56 Å². The summed E-state index contributed by atoms with van der Waals surface area (Å²) in [7, 11) is 0. The first kappa shape index (κ1) is 20.2. The largest absolute Gasteiger partial charge is 0.365 e. The van der Waals surface area contributed by atoms with Crippen LogP contribution in [-0.4, -0.2) is 11.8 Å². The third-order valence-electron chi connectivity index (χ3n) is 4.86. The molecule has 3 N–H and O–H groups in total. The van der Waals surface area contributed by atoms with Crippen molar-refractivity contribution in [3.05, 3.63) is 50.7 Å². The van der Waals surface area contributed by atoms with Crippen LogP contribution < -0.4 is 11.1 Å². The molecule has 10 heteroatoms. The molecule has 28 heavy (non-hydrogen) atoms. The van der Waals surface area contributed by atoms with Crippen molar-refractivity contribution in [3.63, 3.8) is 0 Å². The van der Waals surface area contributed by atoms with E-state index in [0.717, 1.165) is 29.1 Å². The van der Waals surface area contributed by atoms with Crippen molar-refractivity contribution >= 4 is 28.2 Å². The second-order valence-electron chi connectivity index (χ2n) is 6.49. The molecule has 0 radical (unpaired) electrons. The van der Waals surface area contributed by atoms with Gasteiger partial charge in [-0.3, -0.25) is 9.59 Å². The van der Waals surface area contributed by atoms with Crippen molar-refractivity contribution in [3.8, 4) is 0 Å². The van der Waals surface area contributed by atoms with Crippen LogP contribution in [0.15, 0.2) is 0 Å². The number of primary amides is 1. The summed E-state index contributed by atoms with van der Waals surface area (Å²) in [4.78, 5) is 25.0. The van der Waals surface area contributed by atoms with Crippen LogP contribution in [0.25, 0.3) is 0 Å². The van der Waals surface area contributed by atoms with Crippen molar-refractivity contribution in [1.82, 2.24) is 0 Å². The van der Waals surface area contributed by atoms with E-state index < -0.39 is 46.5 Å². The van der Waals surface area contributed by atoms with Gasteiger partial charge >= 0.3 is 0 Å². The molecule has 1 atom stereocenters. The molecule has 0 unspecified atom stereocenters. The highest BCUT2D eigenvalue weighted by atomic mass is 32.1. The first-order valence-electron chi connectivity index (χ1n) is 8.44. The van der Waals surface area contributed by atoms with E-state index >= 15 is 0 Å². The standard InChI is InChI=1S/C18H15F5N2O2S/c1-2-6-3-4-7-8(5-6)28-18(9(7)16(24)26)25-17(27)10-11(19)13(21)15(23)14(22)12(10)20/h6H,2-5H2,1H3,(H2,24,26)(H,25,27)/t6-/m1/s1. The maximum absolute atomic E-state index is 13.9. The summed E-state index contributed by atoms with van der Waals surface area (Å²) >= 11 is 1.02. The highest BCUT2D eigenvalue weighted by Crippen LogP contribution is 2.40. The molecule has 0 spiro atoms. The van der Waals surface area contributed by atoms with E-state index in [1.54, 1.807) is 0 Å². The van der Waals surface area contributed by atoms with Gasteiger partial charge in [-0.2, -0.15) is 0 Å². The number of halogens is 5. The first-order valence-corrected chi connectivity index (χ1v) is 9.26.